The maximum absolute atomic E-state index is 6.38. The molecule has 86 valence electrons. The molecule has 2 aliphatic carbocycles. The zero-order valence-corrected chi connectivity index (χ0v) is 9.61. The van der Waals surface area contributed by atoms with Crippen LogP contribution >= 0.6 is 0 Å². The van der Waals surface area contributed by atoms with E-state index >= 15 is 0 Å². The predicted molar refractivity (Wildman–Crippen MR) is 64.4 cm³/mol. The van der Waals surface area contributed by atoms with Crippen LogP contribution in [-0.2, 0) is 5.54 Å². The van der Waals surface area contributed by atoms with E-state index in [-0.39, 0.29) is 5.54 Å². The first-order valence-electron chi connectivity index (χ1n) is 6.33. The fourth-order valence-corrected chi connectivity index (χ4v) is 2.48. The lowest BCUT2D eigenvalue weighted by atomic mass is 9.72. The van der Waals surface area contributed by atoms with Gasteiger partial charge in [-0.1, -0.05) is 18.2 Å². The summed E-state index contributed by atoms with van der Waals surface area (Å²) < 4.78 is 6.02. The highest BCUT2D eigenvalue weighted by atomic mass is 16.5. The van der Waals surface area contributed by atoms with Crippen LogP contribution < -0.4 is 10.5 Å². The second-order valence-corrected chi connectivity index (χ2v) is 5.18. The van der Waals surface area contributed by atoms with Crippen LogP contribution in [0.1, 0.15) is 44.1 Å². The van der Waals surface area contributed by atoms with Gasteiger partial charge in [-0.05, 0) is 44.6 Å². The van der Waals surface area contributed by atoms with Gasteiger partial charge in [-0.3, -0.25) is 0 Å². The summed E-state index contributed by atoms with van der Waals surface area (Å²) in [5, 5.41) is 0. The minimum Gasteiger partial charge on any atom is -0.490 e. The number of ether oxygens (including phenoxy) is 1. The molecule has 0 amide bonds. The summed E-state index contributed by atoms with van der Waals surface area (Å²) in [5.41, 5.74) is 7.49. The largest absolute Gasteiger partial charge is 0.490 e. The van der Waals surface area contributed by atoms with Crippen LogP contribution in [0.5, 0.6) is 5.75 Å². The predicted octanol–water partition coefficient (Wildman–Crippen LogP) is 2.96. The summed E-state index contributed by atoms with van der Waals surface area (Å²) in [6.07, 6.45) is 7.58. The molecule has 3 rings (SSSR count). The molecule has 2 nitrogen and oxygen atoms in total. The topological polar surface area (TPSA) is 35.2 Å². The molecule has 0 aromatic heterocycles. The van der Waals surface area contributed by atoms with E-state index in [1.54, 1.807) is 0 Å². The van der Waals surface area contributed by atoms with Crippen LogP contribution in [-0.4, -0.2) is 6.10 Å². The third kappa shape index (κ3) is 1.61. The molecular formula is C14H19NO. The van der Waals surface area contributed by atoms with Crippen molar-refractivity contribution < 1.29 is 4.74 Å². The molecule has 0 bridgehead atoms. The van der Waals surface area contributed by atoms with Crippen molar-refractivity contribution >= 4 is 0 Å². The second-order valence-electron chi connectivity index (χ2n) is 5.18. The van der Waals surface area contributed by atoms with Gasteiger partial charge in [0.15, 0.2) is 0 Å². The number of rotatable bonds is 3. The van der Waals surface area contributed by atoms with Gasteiger partial charge in [0.2, 0.25) is 0 Å². The third-order valence-electron chi connectivity index (χ3n) is 4.02. The number of benzene rings is 1. The van der Waals surface area contributed by atoms with Gasteiger partial charge in [0.05, 0.1) is 6.10 Å². The zero-order chi connectivity index (χ0) is 11.0. The molecule has 2 heteroatoms. The summed E-state index contributed by atoms with van der Waals surface area (Å²) in [6, 6.07) is 8.31. The fourth-order valence-electron chi connectivity index (χ4n) is 2.48. The van der Waals surface area contributed by atoms with Crippen LogP contribution in [0.3, 0.4) is 0 Å². The van der Waals surface area contributed by atoms with E-state index < -0.39 is 0 Å². The number of nitrogens with two attached hydrogens (primary N) is 1. The quantitative estimate of drug-likeness (QED) is 0.844. The van der Waals surface area contributed by atoms with Gasteiger partial charge in [-0.2, -0.15) is 0 Å². The van der Waals surface area contributed by atoms with E-state index in [4.69, 9.17) is 10.5 Å². The van der Waals surface area contributed by atoms with Crippen LogP contribution in [0.2, 0.25) is 0 Å². The monoisotopic (exact) mass is 217 g/mol. The molecule has 0 atom stereocenters. The molecule has 0 radical (unpaired) electrons. The molecule has 0 spiro atoms. The van der Waals surface area contributed by atoms with E-state index in [0.717, 1.165) is 18.6 Å². The molecule has 0 aliphatic heterocycles. The Hall–Kier alpha value is -1.02. The Kier molecular flexibility index (Phi) is 2.40. The Morgan fingerprint density at radius 1 is 1.12 bits per heavy atom. The first-order chi connectivity index (χ1) is 7.78. The Balaban J connectivity index is 1.85. The van der Waals surface area contributed by atoms with E-state index in [1.165, 1.54) is 31.2 Å². The third-order valence-corrected chi connectivity index (χ3v) is 4.02. The normalized spacial score (nSPS) is 23.3. The smallest absolute Gasteiger partial charge is 0.124 e. The highest BCUT2D eigenvalue weighted by Crippen LogP contribution is 2.43. The summed E-state index contributed by atoms with van der Waals surface area (Å²) in [7, 11) is 0. The van der Waals surface area contributed by atoms with Crippen molar-refractivity contribution in [2.75, 3.05) is 0 Å². The highest BCUT2D eigenvalue weighted by molar-refractivity contribution is 5.40. The van der Waals surface area contributed by atoms with Crippen LogP contribution in [0.25, 0.3) is 0 Å². The zero-order valence-electron chi connectivity index (χ0n) is 9.61. The fraction of sp³-hybridized carbons (Fsp3) is 0.571. The Labute approximate surface area is 96.8 Å². The summed E-state index contributed by atoms with van der Waals surface area (Å²) >= 11 is 0. The standard InChI is InChI=1S/C14H19NO/c15-14(9-4-10-14)12-7-1-2-8-13(12)16-11-5-3-6-11/h1-2,7-8,11H,3-6,9-10,15H2. The van der Waals surface area contributed by atoms with Gasteiger partial charge in [0.1, 0.15) is 5.75 Å². The minimum atomic E-state index is -0.111. The van der Waals surface area contributed by atoms with Gasteiger partial charge in [0.25, 0.3) is 0 Å². The van der Waals surface area contributed by atoms with Crippen LogP contribution in [0, 0.1) is 0 Å². The lowest BCUT2D eigenvalue weighted by Gasteiger charge is -2.40. The average Bonchev–Trinajstić information content (AvgIpc) is 2.21. The Morgan fingerprint density at radius 2 is 1.88 bits per heavy atom. The molecule has 0 saturated heterocycles. The van der Waals surface area contributed by atoms with Crippen molar-refractivity contribution in [3.05, 3.63) is 29.8 Å². The molecule has 1 aromatic rings. The maximum Gasteiger partial charge on any atom is 0.124 e. The first kappa shape index (κ1) is 10.2. The Morgan fingerprint density at radius 3 is 2.44 bits per heavy atom. The first-order valence-corrected chi connectivity index (χ1v) is 6.33. The average molecular weight is 217 g/mol. The lowest BCUT2D eigenvalue weighted by Crippen LogP contribution is -2.43. The van der Waals surface area contributed by atoms with Gasteiger partial charge in [-0.15, -0.1) is 0 Å². The van der Waals surface area contributed by atoms with Crippen LogP contribution in [0.15, 0.2) is 24.3 Å². The molecule has 0 unspecified atom stereocenters. The highest BCUT2D eigenvalue weighted by Gasteiger charge is 2.37. The molecule has 2 saturated carbocycles. The maximum atomic E-state index is 6.38. The van der Waals surface area contributed by atoms with Crippen molar-refractivity contribution in [1.29, 1.82) is 0 Å². The second kappa shape index (κ2) is 3.77. The lowest BCUT2D eigenvalue weighted by molar-refractivity contribution is 0.114. The van der Waals surface area contributed by atoms with Crippen LogP contribution in [0.4, 0.5) is 0 Å². The summed E-state index contributed by atoms with van der Waals surface area (Å²) in [5.74, 6) is 1.02. The molecule has 2 N–H and O–H groups in total. The van der Waals surface area contributed by atoms with Crippen molar-refractivity contribution in [1.82, 2.24) is 0 Å². The van der Waals surface area contributed by atoms with E-state index in [0.29, 0.717) is 6.10 Å². The molecule has 16 heavy (non-hydrogen) atoms. The van der Waals surface area contributed by atoms with Gasteiger partial charge in [0, 0.05) is 11.1 Å². The summed E-state index contributed by atoms with van der Waals surface area (Å²) in [4.78, 5) is 0. The van der Waals surface area contributed by atoms with Gasteiger partial charge in [-0.25, -0.2) is 0 Å². The van der Waals surface area contributed by atoms with Crippen molar-refractivity contribution in [3.63, 3.8) is 0 Å². The minimum absolute atomic E-state index is 0.111. The Bertz CT molecular complexity index is 380. The van der Waals surface area contributed by atoms with Crippen molar-refractivity contribution in [2.45, 2.75) is 50.2 Å². The molecular weight excluding hydrogens is 198 g/mol. The molecule has 1 aromatic carbocycles. The number of hydrogen-bond acceptors (Lipinski definition) is 2. The van der Waals surface area contributed by atoms with Gasteiger partial charge < -0.3 is 10.5 Å². The van der Waals surface area contributed by atoms with Crippen molar-refractivity contribution in [3.8, 4) is 5.75 Å². The SMILES string of the molecule is NC1(c2ccccc2OC2CCC2)CCC1. The van der Waals surface area contributed by atoms with Crippen molar-refractivity contribution in [2.24, 2.45) is 5.73 Å². The number of para-hydroxylation sites is 1. The van der Waals surface area contributed by atoms with E-state index in [9.17, 15) is 0 Å². The molecule has 0 heterocycles. The van der Waals surface area contributed by atoms with E-state index in [1.807, 2.05) is 6.07 Å². The summed E-state index contributed by atoms with van der Waals surface area (Å²) in [6.45, 7) is 0. The van der Waals surface area contributed by atoms with Gasteiger partial charge >= 0.3 is 0 Å². The van der Waals surface area contributed by atoms with E-state index in [2.05, 4.69) is 18.2 Å². The molecule has 2 aliphatic rings. The molecule has 2 fully saturated rings. The number of hydrogen-bond donors (Lipinski definition) is 1.